The van der Waals surface area contributed by atoms with Crippen LogP contribution in [0, 0.1) is 5.92 Å². The van der Waals surface area contributed by atoms with Crippen molar-refractivity contribution in [2.75, 3.05) is 11.9 Å². The summed E-state index contributed by atoms with van der Waals surface area (Å²) in [6, 6.07) is 9.48. The number of rotatable bonds is 5. The molecule has 0 bridgehead atoms. The Bertz CT molecular complexity index is 934. The number of nitrogens with one attached hydrogen (secondary N) is 2. The SMILES string of the molecule is CCOC(=O)NC(=O)c1c(NC(=O)/C=C/c2ccccc2)sc2c1CC[C@@H](C)C2. The van der Waals surface area contributed by atoms with Crippen LogP contribution in [0.3, 0.4) is 0 Å². The van der Waals surface area contributed by atoms with Crippen LogP contribution < -0.4 is 10.6 Å². The number of anilines is 1. The highest BCUT2D eigenvalue weighted by Gasteiger charge is 2.29. The molecule has 0 spiro atoms. The van der Waals surface area contributed by atoms with E-state index in [-0.39, 0.29) is 12.5 Å². The number of fused-ring (bicyclic) bond motifs is 1. The lowest BCUT2D eigenvalue weighted by Gasteiger charge is -2.18. The number of carbonyl (C=O) groups is 3. The topological polar surface area (TPSA) is 84.5 Å². The number of ether oxygens (including phenoxy) is 1. The summed E-state index contributed by atoms with van der Waals surface area (Å²) in [5.74, 6) is -0.354. The molecule has 0 aliphatic heterocycles. The molecule has 2 N–H and O–H groups in total. The highest BCUT2D eigenvalue weighted by atomic mass is 32.1. The first-order valence-corrected chi connectivity index (χ1v) is 10.5. The number of alkyl carbamates (subject to hydrolysis) is 1. The van der Waals surface area contributed by atoms with Crippen molar-refractivity contribution in [1.82, 2.24) is 5.32 Å². The molecule has 0 saturated carbocycles. The van der Waals surface area contributed by atoms with E-state index >= 15 is 0 Å². The fourth-order valence-corrected chi connectivity index (χ4v) is 4.70. The molecule has 2 aromatic rings. The predicted molar refractivity (Wildman–Crippen MR) is 114 cm³/mol. The van der Waals surface area contributed by atoms with Gasteiger partial charge >= 0.3 is 6.09 Å². The van der Waals surface area contributed by atoms with Gasteiger partial charge in [0.25, 0.3) is 5.91 Å². The molecule has 3 amide bonds. The normalized spacial score (nSPS) is 15.6. The van der Waals surface area contributed by atoms with Crippen molar-refractivity contribution in [3.05, 3.63) is 58.0 Å². The minimum atomic E-state index is -0.789. The van der Waals surface area contributed by atoms with E-state index in [1.807, 2.05) is 30.3 Å². The highest BCUT2D eigenvalue weighted by molar-refractivity contribution is 7.17. The van der Waals surface area contributed by atoms with E-state index in [1.54, 1.807) is 13.0 Å². The van der Waals surface area contributed by atoms with Crippen molar-refractivity contribution in [2.45, 2.75) is 33.1 Å². The number of thiophene rings is 1. The predicted octanol–water partition coefficient (Wildman–Crippen LogP) is 4.41. The van der Waals surface area contributed by atoms with E-state index in [9.17, 15) is 14.4 Å². The molecule has 0 fully saturated rings. The van der Waals surface area contributed by atoms with Crippen LogP contribution in [0.4, 0.5) is 9.80 Å². The van der Waals surface area contributed by atoms with Crippen LogP contribution >= 0.6 is 11.3 Å². The van der Waals surface area contributed by atoms with E-state index in [4.69, 9.17) is 4.74 Å². The quantitative estimate of drug-likeness (QED) is 0.713. The van der Waals surface area contributed by atoms with E-state index in [1.165, 1.54) is 17.4 Å². The third kappa shape index (κ3) is 5.32. The van der Waals surface area contributed by atoms with Crippen LogP contribution in [0.25, 0.3) is 6.08 Å². The maximum Gasteiger partial charge on any atom is 0.414 e. The van der Waals surface area contributed by atoms with Gasteiger partial charge in [-0.05, 0) is 49.3 Å². The van der Waals surface area contributed by atoms with E-state index in [0.717, 1.165) is 35.3 Å². The Kier molecular flexibility index (Phi) is 6.82. The van der Waals surface area contributed by atoms with E-state index < -0.39 is 12.0 Å². The number of hydrogen-bond acceptors (Lipinski definition) is 5. The molecule has 1 aromatic heterocycles. The number of carbonyl (C=O) groups excluding carboxylic acids is 3. The first kappa shape index (κ1) is 20.8. The van der Waals surface area contributed by atoms with Crippen LogP contribution in [0.5, 0.6) is 0 Å². The molecule has 1 heterocycles. The second-order valence-electron chi connectivity index (χ2n) is 6.96. The van der Waals surface area contributed by atoms with Gasteiger partial charge in [0, 0.05) is 11.0 Å². The molecule has 3 rings (SSSR count). The Balaban J connectivity index is 1.83. The summed E-state index contributed by atoms with van der Waals surface area (Å²) in [5, 5.41) is 5.54. The van der Waals surface area contributed by atoms with Crippen molar-refractivity contribution < 1.29 is 19.1 Å². The summed E-state index contributed by atoms with van der Waals surface area (Å²) in [5.41, 5.74) is 2.19. The Morgan fingerprint density at radius 2 is 2.00 bits per heavy atom. The second kappa shape index (κ2) is 9.52. The van der Waals surface area contributed by atoms with E-state index in [2.05, 4.69) is 17.6 Å². The van der Waals surface area contributed by atoms with Gasteiger partial charge in [0.15, 0.2) is 0 Å². The van der Waals surface area contributed by atoms with Crippen LogP contribution in [-0.2, 0) is 22.4 Å². The Morgan fingerprint density at radius 1 is 1.24 bits per heavy atom. The summed E-state index contributed by atoms with van der Waals surface area (Å²) >= 11 is 1.41. The fourth-order valence-electron chi connectivity index (χ4n) is 3.29. The number of amides is 3. The zero-order valence-corrected chi connectivity index (χ0v) is 17.3. The second-order valence-corrected chi connectivity index (χ2v) is 8.07. The van der Waals surface area contributed by atoms with Crippen molar-refractivity contribution in [1.29, 1.82) is 0 Å². The summed E-state index contributed by atoms with van der Waals surface area (Å²) < 4.78 is 4.81. The first-order valence-electron chi connectivity index (χ1n) is 9.64. The van der Waals surface area contributed by atoms with Crippen LogP contribution in [-0.4, -0.2) is 24.5 Å². The Hall–Kier alpha value is -2.93. The molecule has 1 aliphatic carbocycles. The molecule has 152 valence electrons. The maximum atomic E-state index is 12.8. The van der Waals surface area contributed by atoms with Crippen molar-refractivity contribution in [2.24, 2.45) is 5.92 Å². The Labute approximate surface area is 174 Å². The summed E-state index contributed by atoms with van der Waals surface area (Å²) in [6.45, 7) is 4.01. The summed E-state index contributed by atoms with van der Waals surface area (Å²) in [6.07, 6.45) is 4.92. The third-order valence-electron chi connectivity index (χ3n) is 4.69. The summed E-state index contributed by atoms with van der Waals surface area (Å²) in [4.78, 5) is 38.0. The molecule has 6 nitrogen and oxygen atoms in total. The van der Waals surface area contributed by atoms with Crippen molar-refractivity contribution in [3.63, 3.8) is 0 Å². The maximum absolute atomic E-state index is 12.8. The zero-order valence-electron chi connectivity index (χ0n) is 16.5. The van der Waals surface area contributed by atoms with E-state index in [0.29, 0.717) is 16.5 Å². The smallest absolute Gasteiger partial charge is 0.414 e. The average molecular weight is 413 g/mol. The van der Waals surface area contributed by atoms with Gasteiger partial charge in [-0.25, -0.2) is 4.79 Å². The molecule has 1 atom stereocenters. The van der Waals surface area contributed by atoms with Gasteiger partial charge in [-0.2, -0.15) is 0 Å². The molecular weight excluding hydrogens is 388 g/mol. The van der Waals surface area contributed by atoms with Gasteiger partial charge in [0.05, 0.1) is 12.2 Å². The molecule has 1 aromatic carbocycles. The van der Waals surface area contributed by atoms with Gasteiger partial charge < -0.3 is 10.1 Å². The molecular formula is C22H24N2O4S. The largest absolute Gasteiger partial charge is 0.450 e. The monoisotopic (exact) mass is 412 g/mol. The lowest BCUT2D eigenvalue weighted by atomic mass is 9.88. The molecule has 0 radical (unpaired) electrons. The zero-order chi connectivity index (χ0) is 20.8. The van der Waals surface area contributed by atoms with Gasteiger partial charge in [0.2, 0.25) is 5.91 Å². The van der Waals surface area contributed by atoms with Crippen LogP contribution in [0.15, 0.2) is 36.4 Å². The molecule has 0 unspecified atom stereocenters. The summed E-state index contributed by atoms with van der Waals surface area (Å²) in [7, 11) is 0. The van der Waals surface area contributed by atoms with Gasteiger partial charge in [0.1, 0.15) is 5.00 Å². The minimum Gasteiger partial charge on any atom is -0.450 e. The van der Waals surface area contributed by atoms with Crippen LogP contribution in [0.1, 0.15) is 46.6 Å². The lowest BCUT2D eigenvalue weighted by molar-refractivity contribution is -0.111. The van der Waals surface area contributed by atoms with Gasteiger partial charge in [-0.3, -0.25) is 14.9 Å². The first-order chi connectivity index (χ1) is 14.0. The van der Waals surface area contributed by atoms with Crippen LogP contribution in [0.2, 0.25) is 0 Å². The molecule has 29 heavy (non-hydrogen) atoms. The molecule has 1 aliphatic rings. The minimum absolute atomic E-state index is 0.173. The average Bonchev–Trinajstić information content (AvgIpc) is 3.04. The highest BCUT2D eigenvalue weighted by Crippen LogP contribution is 2.39. The standard InChI is InChI=1S/C22H24N2O4S/c1-3-28-22(27)24-20(26)19-16-11-9-14(2)13-17(16)29-21(19)23-18(25)12-10-15-7-5-4-6-8-15/h4-8,10,12,14H,3,9,11,13H2,1-2H3,(H,23,25)(H,24,26,27)/b12-10+/t14-/m1/s1. The number of hydrogen-bond donors (Lipinski definition) is 2. The van der Waals surface area contributed by atoms with Gasteiger partial charge in [-0.15, -0.1) is 11.3 Å². The molecule has 7 heteroatoms. The third-order valence-corrected chi connectivity index (χ3v) is 5.86. The van der Waals surface area contributed by atoms with Crippen molar-refractivity contribution >= 4 is 40.3 Å². The molecule has 0 saturated heterocycles. The van der Waals surface area contributed by atoms with Gasteiger partial charge in [-0.1, -0.05) is 37.3 Å². The number of benzene rings is 1. The Morgan fingerprint density at radius 3 is 2.72 bits per heavy atom. The lowest BCUT2D eigenvalue weighted by Crippen LogP contribution is -2.32. The van der Waals surface area contributed by atoms with Crippen molar-refractivity contribution in [3.8, 4) is 0 Å². The number of imide groups is 1. The fraction of sp³-hybridized carbons (Fsp3) is 0.318.